The van der Waals surface area contributed by atoms with E-state index in [9.17, 15) is 0 Å². The topological polar surface area (TPSA) is 16.2 Å². The first-order valence-corrected chi connectivity index (χ1v) is 36.6. The number of hydrogen-bond acceptors (Lipinski definition) is 6. The predicted octanol–water partition coefficient (Wildman–Crippen LogP) is 22.1. The molecule has 0 spiro atoms. The number of nitrogens with zero attached hydrogens (tertiary/aromatic N) is 5. The Bertz CT molecular complexity index is 5820. The summed E-state index contributed by atoms with van der Waals surface area (Å²) in [5.74, 6) is 0. The van der Waals surface area contributed by atoms with Gasteiger partial charge in [-0.1, -0.05) is 296 Å². The molecule has 16 aromatic carbocycles. The fraction of sp³-hybridized carbons (Fsp3) is 0. The first-order chi connectivity index (χ1) is 51.6. The molecule has 486 valence electrons. The van der Waals surface area contributed by atoms with Gasteiger partial charge in [-0.2, -0.15) is 0 Å². The van der Waals surface area contributed by atoms with Crippen molar-refractivity contribution in [3.63, 3.8) is 0 Å². The molecule has 0 unspecified atom stereocenters. The van der Waals surface area contributed by atoms with Gasteiger partial charge in [0.05, 0.1) is 11.4 Å². The van der Waals surface area contributed by atoms with Crippen molar-refractivity contribution >= 4 is 143 Å². The van der Waals surface area contributed by atoms with Gasteiger partial charge in [-0.15, -0.1) is 0 Å². The molecule has 0 aromatic heterocycles. The van der Waals surface area contributed by atoms with Crippen LogP contribution in [-0.4, -0.2) is 13.4 Å². The van der Waals surface area contributed by atoms with E-state index < -0.39 is 0 Å². The molecule has 0 fully saturated rings. The molecular formula is C96H65B2N5S. The maximum atomic E-state index is 2.69. The van der Waals surface area contributed by atoms with Crippen LogP contribution in [0.25, 0.3) is 44.5 Å². The predicted molar refractivity (Wildman–Crippen MR) is 441 cm³/mol. The zero-order valence-corrected chi connectivity index (χ0v) is 57.6. The Labute approximate surface area is 612 Å². The van der Waals surface area contributed by atoms with Gasteiger partial charge in [-0.3, -0.25) is 0 Å². The van der Waals surface area contributed by atoms with Crippen molar-refractivity contribution in [2.75, 3.05) is 24.5 Å². The van der Waals surface area contributed by atoms with Gasteiger partial charge in [0.25, 0.3) is 6.71 Å². The first kappa shape index (κ1) is 60.9. The number of rotatable bonds is 13. The average molecular weight is 1340 g/mol. The maximum Gasteiger partial charge on any atom is 0.252 e. The van der Waals surface area contributed by atoms with E-state index in [1.54, 1.807) is 0 Å². The number of para-hydroxylation sites is 7. The van der Waals surface area contributed by atoms with Crippen molar-refractivity contribution in [3.05, 3.63) is 394 Å². The second-order valence-corrected chi connectivity index (χ2v) is 28.2. The molecule has 4 aliphatic rings. The van der Waals surface area contributed by atoms with E-state index in [0.29, 0.717) is 0 Å². The standard InChI is InChI=1S/C96H65B2N5S/c1-9-31-66(32-10-1)68-55-57-76(58-56-68)100(77-48-29-39-71(59-77)67-33-11-2-12-34-67)79-62-91-95-93(63-79)104-92-65-88-84(64-85(92)98(95)83-52-26-28-54-87(83)102(91)75-46-23-8-24-47-75)97-82-51-25-27-53-86(82)101(74-44-21-7-22-45-74)89-60-78(99(72-40-17-5-18-41-72)73-42-19-6-20-43-73)61-90(94(89)97)103(88)96-80(69-35-13-3-14-36-69)49-30-50-81(96)70-37-15-4-16-38-70/h1-65H. The minimum atomic E-state index is -0.200. The summed E-state index contributed by atoms with van der Waals surface area (Å²) < 4.78 is 0. The van der Waals surface area contributed by atoms with Crippen LogP contribution in [0.2, 0.25) is 0 Å². The summed E-state index contributed by atoms with van der Waals surface area (Å²) in [6.45, 7) is -0.348. The highest BCUT2D eigenvalue weighted by molar-refractivity contribution is 8.00. The fourth-order valence-corrected chi connectivity index (χ4v) is 18.0. The Kier molecular flexibility index (Phi) is 15.0. The van der Waals surface area contributed by atoms with E-state index in [2.05, 4.69) is 419 Å². The second kappa shape index (κ2) is 25.6. The number of benzene rings is 16. The van der Waals surface area contributed by atoms with E-state index >= 15 is 0 Å². The van der Waals surface area contributed by atoms with Gasteiger partial charge in [-0.25, -0.2) is 0 Å². The molecule has 0 bridgehead atoms. The van der Waals surface area contributed by atoms with E-state index in [-0.39, 0.29) is 13.4 Å². The summed E-state index contributed by atoms with van der Waals surface area (Å²) >= 11 is 1.91. The molecule has 4 heterocycles. The molecule has 16 aromatic rings. The summed E-state index contributed by atoms with van der Waals surface area (Å²) in [4.78, 5) is 15.1. The summed E-state index contributed by atoms with van der Waals surface area (Å²) in [6.07, 6.45) is 0. The Morgan fingerprint density at radius 1 is 0.212 bits per heavy atom. The van der Waals surface area contributed by atoms with Gasteiger partial charge in [0.15, 0.2) is 0 Å². The Morgan fingerprint density at radius 2 is 0.596 bits per heavy atom. The van der Waals surface area contributed by atoms with E-state index in [1.165, 1.54) is 59.3 Å². The monoisotopic (exact) mass is 1340 g/mol. The Hall–Kier alpha value is -13.0. The molecule has 0 aliphatic carbocycles. The summed E-state index contributed by atoms with van der Waals surface area (Å²) in [5.41, 5.74) is 33.3. The Morgan fingerprint density at radius 3 is 1.13 bits per heavy atom. The molecular weight excluding hydrogens is 1280 g/mol. The van der Waals surface area contributed by atoms with Crippen molar-refractivity contribution in [1.29, 1.82) is 0 Å². The second-order valence-electron chi connectivity index (χ2n) is 27.1. The van der Waals surface area contributed by atoms with E-state index in [4.69, 9.17) is 0 Å². The quantitative estimate of drug-likeness (QED) is 0.106. The average Bonchev–Trinajstić information content (AvgIpc) is 0.688. The van der Waals surface area contributed by atoms with Gasteiger partial charge in [-0.05, 0) is 176 Å². The number of hydrogen-bond donors (Lipinski definition) is 0. The van der Waals surface area contributed by atoms with Gasteiger partial charge in [0, 0.05) is 94.9 Å². The smallest absolute Gasteiger partial charge is 0.252 e. The van der Waals surface area contributed by atoms with Crippen LogP contribution in [0.1, 0.15) is 0 Å². The molecule has 0 atom stereocenters. The van der Waals surface area contributed by atoms with E-state index in [0.717, 1.165) is 113 Å². The molecule has 5 nitrogen and oxygen atoms in total. The van der Waals surface area contributed by atoms with Crippen molar-refractivity contribution in [2.45, 2.75) is 9.79 Å². The number of fused-ring (bicyclic) bond motifs is 8. The van der Waals surface area contributed by atoms with Gasteiger partial charge in [0.2, 0.25) is 6.71 Å². The molecule has 4 aliphatic heterocycles. The zero-order valence-electron chi connectivity index (χ0n) is 56.8. The SMILES string of the molecule is c1ccc(-c2ccc(N(c3cccc(-c4ccccc4)c3)c3cc4c5c(c3)N(c3ccccc3)c3ccccc3B5c3cc5c(cc3S4)N(c3c(-c4ccccc4)cccc3-c3ccccc3)c3cc(N(c4ccccc4)c4ccccc4)cc4c3B5c3ccccc3N4c3ccccc3)cc2)cc1. The van der Waals surface area contributed by atoms with Gasteiger partial charge in [0.1, 0.15) is 0 Å². The first-order valence-electron chi connectivity index (χ1n) is 35.8. The third-order valence-electron chi connectivity index (χ3n) is 21.2. The fourth-order valence-electron chi connectivity index (χ4n) is 16.7. The molecule has 0 saturated heterocycles. The molecule has 8 heteroatoms. The Balaban J connectivity index is 0.886. The summed E-state index contributed by atoms with van der Waals surface area (Å²) in [5, 5.41) is 0. The number of anilines is 15. The van der Waals surface area contributed by atoms with Gasteiger partial charge < -0.3 is 24.5 Å². The minimum absolute atomic E-state index is 0.148. The van der Waals surface area contributed by atoms with Crippen molar-refractivity contribution < 1.29 is 0 Å². The van der Waals surface area contributed by atoms with Crippen LogP contribution in [0, 0.1) is 0 Å². The molecule has 104 heavy (non-hydrogen) atoms. The molecule has 0 N–H and O–H groups in total. The maximum absolute atomic E-state index is 2.69. The summed E-state index contributed by atoms with van der Waals surface area (Å²) in [7, 11) is 0. The van der Waals surface area contributed by atoms with Crippen molar-refractivity contribution in [2.24, 2.45) is 0 Å². The largest absolute Gasteiger partial charge is 0.311 e. The highest BCUT2D eigenvalue weighted by atomic mass is 32.2. The van der Waals surface area contributed by atoms with Gasteiger partial charge >= 0.3 is 0 Å². The van der Waals surface area contributed by atoms with Crippen LogP contribution < -0.4 is 57.3 Å². The lowest BCUT2D eigenvalue weighted by atomic mass is 9.31. The lowest BCUT2D eigenvalue weighted by molar-refractivity contribution is 1.22. The molecule has 0 amide bonds. The zero-order chi connectivity index (χ0) is 68.6. The molecule has 0 radical (unpaired) electrons. The van der Waals surface area contributed by atoms with Crippen LogP contribution in [0.4, 0.5) is 85.3 Å². The third-order valence-corrected chi connectivity index (χ3v) is 22.3. The normalized spacial score (nSPS) is 12.7. The minimum Gasteiger partial charge on any atom is -0.311 e. The lowest BCUT2D eigenvalue weighted by Gasteiger charge is -2.46. The van der Waals surface area contributed by atoms with Crippen molar-refractivity contribution in [1.82, 2.24) is 0 Å². The van der Waals surface area contributed by atoms with Crippen LogP contribution >= 0.6 is 11.8 Å². The van der Waals surface area contributed by atoms with Crippen LogP contribution in [0.5, 0.6) is 0 Å². The highest BCUT2D eigenvalue weighted by Gasteiger charge is 2.48. The van der Waals surface area contributed by atoms with Crippen LogP contribution in [0.3, 0.4) is 0 Å². The third kappa shape index (κ3) is 10.3. The summed E-state index contributed by atoms with van der Waals surface area (Å²) in [6, 6.07) is 146. The van der Waals surface area contributed by atoms with E-state index in [1.807, 2.05) is 11.8 Å². The lowest BCUT2D eigenvalue weighted by Crippen LogP contribution is -2.64. The van der Waals surface area contributed by atoms with Crippen LogP contribution in [-0.2, 0) is 0 Å². The van der Waals surface area contributed by atoms with Crippen LogP contribution in [0.15, 0.2) is 404 Å². The van der Waals surface area contributed by atoms with Crippen molar-refractivity contribution in [3.8, 4) is 44.5 Å². The highest BCUT2D eigenvalue weighted by Crippen LogP contribution is 2.54. The molecule has 20 rings (SSSR count). The molecule has 0 saturated carbocycles.